The van der Waals surface area contributed by atoms with Gasteiger partial charge >= 0.3 is 0 Å². The predicted molar refractivity (Wildman–Crippen MR) is 124 cm³/mol. The van der Waals surface area contributed by atoms with E-state index < -0.39 is 0 Å². The van der Waals surface area contributed by atoms with Gasteiger partial charge in [0, 0.05) is 47.6 Å². The van der Waals surface area contributed by atoms with E-state index in [1.54, 1.807) is 0 Å². The average Bonchev–Trinajstić information content (AvgIpc) is 3.52. The van der Waals surface area contributed by atoms with Gasteiger partial charge < -0.3 is 5.32 Å². The van der Waals surface area contributed by atoms with Crippen LogP contribution in [0.15, 0.2) is 59.9 Å². The molecule has 0 spiro atoms. The van der Waals surface area contributed by atoms with Gasteiger partial charge in [0.05, 0.1) is 23.6 Å². The van der Waals surface area contributed by atoms with E-state index in [-0.39, 0.29) is 0 Å². The summed E-state index contributed by atoms with van der Waals surface area (Å²) in [5.74, 6) is 1.37. The topological polar surface area (TPSA) is 96.2 Å². The molecule has 2 N–H and O–H groups in total. The van der Waals surface area contributed by atoms with Gasteiger partial charge in [-0.2, -0.15) is 5.10 Å². The van der Waals surface area contributed by atoms with Crippen molar-refractivity contribution in [2.24, 2.45) is 4.99 Å². The van der Waals surface area contributed by atoms with Crippen LogP contribution in [-0.2, 0) is 6.54 Å². The molecule has 5 heterocycles. The van der Waals surface area contributed by atoms with E-state index in [1.165, 1.54) is 0 Å². The highest BCUT2D eigenvalue weighted by Gasteiger charge is 2.15. The Labute approximate surface area is 184 Å². The van der Waals surface area contributed by atoms with Crippen LogP contribution in [0.25, 0.3) is 28.0 Å². The number of H-pyrrole nitrogens is 1. The van der Waals surface area contributed by atoms with Gasteiger partial charge in [-0.15, -0.1) is 0 Å². The van der Waals surface area contributed by atoms with Crippen LogP contribution in [0, 0.1) is 13.8 Å². The molecule has 0 saturated heterocycles. The first-order valence-corrected chi connectivity index (χ1v) is 10.4. The molecular formula is C24H20N8. The van der Waals surface area contributed by atoms with Gasteiger partial charge in [0.1, 0.15) is 5.65 Å². The lowest BCUT2D eigenvalue weighted by molar-refractivity contribution is 1.02. The molecule has 4 aromatic heterocycles. The standard InChI is InChI=1S/C24H20N8/c1-14-8-22(31-30-14)29-24-28-20(10-23-27-15(2)13-32(23)24)17-5-3-4-16(9-17)18-6-7-26-21-12-25-11-19(18)21/h3-11,13H,12H2,1-2H3,(H2,28,29,30,31). The number of rotatable bonds is 4. The molecule has 6 rings (SSSR count). The fourth-order valence-electron chi connectivity index (χ4n) is 4.05. The van der Waals surface area contributed by atoms with Crippen LogP contribution in [0.2, 0.25) is 0 Å². The summed E-state index contributed by atoms with van der Waals surface area (Å²) in [7, 11) is 0. The number of fused-ring (bicyclic) bond motifs is 2. The van der Waals surface area contributed by atoms with Crippen LogP contribution in [0.1, 0.15) is 22.6 Å². The summed E-state index contributed by atoms with van der Waals surface area (Å²) in [4.78, 5) is 18.4. The summed E-state index contributed by atoms with van der Waals surface area (Å²) >= 11 is 0. The lowest BCUT2D eigenvalue weighted by Gasteiger charge is -2.11. The first-order valence-electron chi connectivity index (χ1n) is 10.4. The first-order chi connectivity index (χ1) is 15.6. The highest BCUT2D eigenvalue weighted by Crippen LogP contribution is 2.31. The number of imidazole rings is 1. The van der Waals surface area contributed by atoms with Gasteiger partial charge in [-0.1, -0.05) is 18.2 Å². The molecule has 32 heavy (non-hydrogen) atoms. The van der Waals surface area contributed by atoms with Crippen molar-refractivity contribution < 1.29 is 0 Å². The third-order valence-electron chi connectivity index (χ3n) is 5.52. The Hall–Kier alpha value is -4.33. The van der Waals surface area contributed by atoms with Gasteiger partial charge in [0.15, 0.2) is 5.82 Å². The average molecular weight is 420 g/mol. The molecule has 0 saturated carbocycles. The van der Waals surface area contributed by atoms with Crippen molar-refractivity contribution in [1.29, 1.82) is 0 Å². The molecule has 0 atom stereocenters. The second-order valence-electron chi connectivity index (χ2n) is 7.91. The molecule has 156 valence electrons. The van der Waals surface area contributed by atoms with Gasteiger partial charge in [-0.05, 0) is 37.1 Å². The van der Waals surface area contributed by atoms with Crippen LogP contribution >= 0.6 is 0 Å². The lowest BCUT2D eigenvalue weighted by atomic mass is 9.98. The highest BCUT2D eigenvalue weighted by molar-refractivity contribution is 5.93. The first kappa shape index (κ1) is 18.4. The number of aromatic amines is 1. The van der Waals surface area contributed by atoms with Crippen molar-refractivity contribution in [3.63, 3.8) is 0 Å². The molecule has 0 bridgehead atoms. The zero-order valence-electron chi connectivity index (χ0n) is 17.7. The predicted octanol–water partition coefficient (Wildman–Crippen LogP) is 4.47. The Balaban J connectivity index is 1.47. The number of benzene rings is 1. The van der Waals surface area contributed by atoms with Crippen molar-refractivity contribution >= 4 is 23.6 Å². The molecular weight excluding hydrogens is 400 g/mol. The number of anilines is 2. The van der Waals surface area contributed by atoms with Gasteiger partial charge in [-0.25, -0.2) is 9.97 Å². The maximum Gasteiger partial charge on any atom is 0.215 e. The zero-order chi connectivity index (χ0) is 21.7. The maximum absolute atomic E-state index is 4.92. The van der Waals surface area contributed by atoms with E-state index >= 15 is 0 Å². The van der Waals surface area contributed by atoms with Crippen molar-refractivity contribution in [3.8, 4) is 22.4 Å². The number of nitrogens with one attached hydrogen (secondary N) is 2. The Morgan fingerprint density at radius 3 is 2.81 bits per heavy atom. The van der Waals surface area contributed by atoms with Crippen molar-refractivity contribution in [3.05, 3.63) is 77.5 Å². The molecule has 0 aliphatic carbocycles. The largest absolute Gasteiger partial charge is 0.308 e. The summed E-state index contributed by atoms with van der Waals surface area (Å²) in [6.07, 6.45) is 5.72. The van der Waals surface area contributed by atoms with Gasteiger partial charge in [0.25, 0.3) is 0 Å². The number of aliphatic imine (C=N–C) groups is 1. The molecule has 0 unspecified atom stereocenters. The number of pyridine rings is 1. The summed E-state index contributed by atoms with van der Waals surface area (Å²) < 4.78 is 1.94. The second kappa shape index (κ2) is 7.12. The van der Waals surface area contributed by atoms with Gasteiger partial charge in [-0.3, -0.25) is 19.5 Å². The van der Waals surface area contributed by atoms with E-state index in [1.807, 2.05) is 55.1 Å². The highest BCUT2D eigenvalue weighted by atomic mass is 15.3. The van der Waals surface area contributed by atoms with Crippen molar-refractivity contribution in [1.82, 2.24) is 29.5 Å². The third-order valence-corrected chi connectivity index (χ3v) is 5.52. The fourth-order valence-corrected chi connectivity index (χ4v) is 4.05. The smallest absolute Gasteiger partial charge is 0.215 e. The number of hydrogen-bond donors (Lipinski definition) is 2. The molecule has 8 heteroatoms. The molecule has 1 aromatic carbocycles. The van der Waals surface area contributed by atoms with Gasteiger partial charge in [0.2, 0.25) is 5.95 Å². The molecule has 0 radical (unpaired) electrons. The number of aryl methyl sites for hydroxylation is 2. The van der Waals surface area contributed by atoms with Crippen LogP contribution in [0.3, 0.4) is 0 Å². The van der Waals surface area contributed by atoms with Crippen molar-refractivity contribution in [2.75, 3.05) is 5.32 Å². The Morgan fingerprint density at radius 1 is 1.03 bits per heavy atom. The Morgan fingerprint density at radius 2 is 1.94 bits per heavy atom. The molecule has 0 amide bonds. The minimum absolute atomic E-state index is 0.641. The SMILES string of the molecule is Cc1cn2c(Nc3cc(C)[nH]n3)nc(-c3cccc(-c4ccnc5c4C=NC5)c3)cc2n1. The van der Waals surface area contributed by atoms with Crippen molar-refractivity contribution in [2.45, 2.75) is 20.4 Å². The minimum Gasteiger partial charge on any atom is -0.308 e. The lowest BCUT2D eigenvalue weighted by Crippen LogP contribution is -2.03. The third kappa shape index (κ3) is 3.13. The zero-order valence-corrected chi connectivity index (χ0v) is 17.7. The molecule has 8 nitrogen and oxygen atoms in total. The minimum atomic E-state index is 0.641. The van der Waals surface area contributed by atoms with E-state index in [0.29, 0.717) is 18.3 Å². The quantitative estimate of drug-likeness (QED) is 0.447. The van der Waals surface area contributed by atoms with Crippen LogP contribution < -0.4 is 5.32 Å². The van der Waals surface area contributed by atoms with E-state index in [0.717, 1.165) is 50.7 Å². The normalized spacial score (nSPS) is 12.4. The number of hydrogen-bond acceptors (Lipinski definition) is 6. The number of nitrogens with zero attached hydrogens (tertiary/aromatic N) is 6. The molecule has 1 aliphatic heterocycles. The Bertz CT molecular complexity index is 1510. The van der Waals surface area contributed by atoms with E-state index in [4.69, 9.17) is 4.98 Å². The van der Waals surface area contributed by atoms with E-state index in [9.17, 15) is 0 Å². The second-order valence-corrected chi connectivity index (χ2v) is 7.91. The fraction of sp³-hybridized carbons (Fsp3) is 0.125. The monoisotopic (exact) mass is 420 g/mol. The summed E-state index contributed by atoms with van der Waals surface area (Å²) in [6.45, 7) is 4.58. The summed E-state index contributed by atoms with van der Waals surface area (Å²) in [5.41, 5.74) is 8.90. The van der Waals surface area contributed by atoms with Crippen LogP contribution in [0.4, 0.5) is 11.8 Å². The summed E-state index contributed by atoms with van der Waals surface area (Å²) in [6, 6.07) is 14.4. The Kier molecular flexibility index (Phi) is 4.10. The summed E-state index contributed by atoms with van der Waals surface area (Å²) in [5, 5.41) is 10.6. The van der Waals surface area contributed by atoms with E-state index in [2.05, 4.69) is 54.7 Å². The molecule has 0 fully saturated rings. The van der Waals surface area contributed by atoms with Crippen LogP contribution in [0.5, 0.6) is 0 Å². The molecule has 5 aromatic rings. The maximum atomic E-state index is 4.92. The molecule has 1 aliphatic rings. The van der Waals surface area contributed by atoms with Crippen LogP contribution in [-0.4, -0.2) is 35.8 Å². The number of aromatic nitrogens is 6.